The third kappa shape index (κ3) is 8.02. The predicted molar refractivity (Wildman–Crippen MR) is 303 cm³/mol. The molecule has 0 aliphatic heterocycles. The highest BCUT2D eigenvalue weighted by Gasteiger charge is 2.42. The molecule has 12 rings (SSSR count). The fourth-order valence-corrected chi connectivity index (χ4v) is 11.1. The van der Waals surface area contributed by atoms with E-state index in [1.165, 1.54) is 111 Å². The number of fused-ring (bicyclic) bond motifs is 7. The summed E-state index contributed by atoms with van der Waals surface area (Å²) in [5.41, 5.74) is 25.0. The molecule has 0 radical (unpaired) electrons. The molecule has 0 unspecified atom stereocenters. The Hall–Kier alpha value is -8.12. The molecule has 3 aliphatic rings. The summed E-state index contributed by atoms with van der Waals surface area (Å²) in [6.07, 6.45) is 21.8. The lowest BCUT2D eigenvalue weighted by atomic mass is 9.77. The average Bonchev–Trinajstić information content (AvgIpc) is 3.94. The zero-order valence-electron chi connectivity index (χ0n) is 41.2. The van der Waals surface area contributed by atoms with Gasteiger partial charge in [-0.1, -0.05) is 191 Å². The fraction of sp³-hybridized carbons (Fsp3) is 0.147. The first kappa shape index (κ1) is 45.7. The van der Waals surface area contributed by atoms with Crippen molar-refractivity contribution in [1.82, 2.24) is 4.57 Å². The van der Waals surface area contributed by atoms with Crippen LogP contribution in [0.3, 0.4) is 0 Å². The molecule has 0 atom stereocenters. The van der Waals surface area contributed by atoms with Crippen LogP contribution in [0.2, 0.25) is 0 Å². The molecule has 2 nitrogen and oxygen atoms in total. The number of benzene rings is 8. The number of terminal acetylenes is 1. The van der Waals surface area contributed by atoms with Crippen molar-refractivity contribution >= 4 is 44.7 Å². The SMILES string of the molecule is C#C.CC1=C(/C=C\c2ccc(C3=CCCC=C3)cc2)c2cc3c(cc2C1(C)C)-c1cccc(-c2ccccc2)c1C3(C)C.CNc1ccc(-c2ccc3c(c2)c2ccccc2n3-c2ccccc2)cc1. The van der Waals surface area contributed by atoms with E-state index in [0.717, 1.165) is 18.5 Å². The summed E-state index contributed by atoms with van der Waals surface area (Å²) in [5, 5.41) is 5.74. The van der Waals surface area contributed by atoms with Gasteiger partial charge in [-0.25, -0.2) is 0 Å². The van der Waals surface area contributed by atoms with Gasteiger partial charge < -0.3 is 9.88 Å². The van der Waals surface area contributed by atoms with Crippen molar-refractivity contribution < 1.29 is 0 Å². The molecule has 0 saturated carbocycles. The van der Waals surface area contributed by atoms with Gasteiger partial charge in [-0.2, -0.15) is 0 Å². The Balaban J connectivity index is 0.000000169. The topological polar surface area (TPSA) is 17.0 Å². The predicted octanol–water partition coefficient (Wildman–Crippen LogP) is 17.9. The minimum absolute atomic E-state index is 0.0162. The lowest BCUT2D eigenvalue weighted by Crippen LogP contribution is -2.18. The van der Waals surface area contributed by atoms with Gasteiger partial charge in [0, 0.05) is 40.0 Å². The molecule has 1 heterocycles. The van der Waals surface area contributed by atoms with E-state index in [0.29, 0.717) is 0 Å². The number of allylic oxidation sites excluding steroid dienone is 7. The largest absolute Gasteiger partial charge is 0.388 e. The highest BCUT2D eigenvalue weighted by Crippen LogP contribution is 2.56. The molecule has 0 amide bonds. The van der Waals surface area contributed by atoms with Crippen LogP contribution in [0.5, 0.6) is 0 Å². The van der Waals surface area contributed by atoms with Crippen LogP contribution >= 0.6 is 0 Å². The lowest BCUT2D eigenvalue weighted by Gasteiger charge is -2.26. The Kier molecular flexibility index (Phi) is 12.2. The maximum absolute atomic E-state index is 4.00. The van der Waals surface area contributed by atoms with Crippen molar-refractivity contribution in [3.63, 3.8) is 0 Å². The van der Waals surface area contributed by atoms with E-state index in [1.807, 2.05) is 7.05 Å². The fourth-order valence-electron chi connectivity index (χ4n) is 11.1. The zero-order chi connectivity index (χ0) is 48.6. The minimum atomic E-state index is -0.0837. The molecule has 0 spiro atoms. The quantitative estimate of drug-likeness (QED) is 0.158. The van der Waals surface area contributed by atoms with Gasteiger partial charge in [0.25, 0.3) is 0 Å². The maximum atomic E-state index is 4.00. The summed E-state index contributed by atoms with van der Waals surface area (Å²) < 4.78 is 2.35. The molecule has 8 aromatic carbocycles. The number of hydrogen-bond acceptors (Lipinski definition) is 1. The summed E-state index contributed by atoms with van der Waals surface area (Å²) in [6, 6.07) is 66.3. The summed E-state index contributed by atoms with van der Waals surface area (Å²) in [7, 11) is 1.94. The van der Waals surface area contributed by atoms with Crippen LogP contribution in [0.25, 0.3) is 78.1 Å². The Labute approximate surface area is 415 Å². The number of hydrogen-bond donors (Lipinski definition) is 1. The van der Waals surface area contributed by atoms with Crippen molar-refractivity contribution in [3.8, 4) is 51.9 Å². The van der Waals surface area contributed by atoms with Crippen molar-refractivity contribution in [1.29, 1.82) is 0 Å². The summed E-state index contributed by atoms with van der Waals surface area (Å²) >= 11 is 0. The third-order valence-corrected chi connectivity index (χ3v) is 15.1. The van der Waals surface area contributed by atoms with Gasteiger partial charge in [-0.05, 0) is 152 Å². The van der Waals surface area contributed by atoms with Crippen LogP contribution in [0.1, 0.15) is 80.8 Å². The molecule has 1 N–H and O–H groups in total. The Morgan fingerprint density at radius 3 is 1.86 bits per heavy atom. The Morgan fingerprint density at radius 2 is 1.14 bits per heavy atom. The summed E-state index contributed by atoms with van der Waals surface area (Å²) in [5.74, 6) is 0. The van der Waals surface area contributed by atoms with Gasteiger partial charge in [0.15, 0.2) is 0 Å². The maximum Gasteiger partial charge on any atom is 0.0541 e. The van der Waals surface area contributed by atoms with Crippen molar-refractivity contribution in [2.75, 3.05) is 12.4 Å². The van der Waals surface area contributed by atoms with E-state index in [9.17, 15) is 0 Å². The Morgan fingerprint density at radius 1 is 0.514 bits per heavy atom. The second-order valence-corrected chi connectivity index (χ2v) is 19.7. The molecular formula is C68H60N2. The highest BCUT2D eigenvalue weighted by atomic mass is 15.0. The van der Waals surface area contributed by atoms with Crippen LogP contribution in [0, 0.1) is 12.8 Å². The Bertz CT molecular complexity index is 3550. The number of rotatable bonds is 7. The minimum Gasteiger partial charge on any atom is -0.388 e. The van der Waals surface area contributed by atoms with E-state index in [-0.39, 0.29) is 10.8 Å². The third-order valence-electron chi connectivity index (χ3n) is 15.1. The summed E-state index contributed by atoms with van der Waals surface area (Å²) in [6.45, 7) is 11.9. The van der Waals surface area contributed by atoms with Crippen molar-refractivity contribution in [2.45, 2.75) is 58.3 Å². The first-order valence-electron chi connectivity index (χ1n) is 24.6. The lowest BCUT2D eigenvalue weighted by molar-refractivity contribution is 0.636. The van der Waals surface area contributed by atoms with Crippen LogP contribution in [-0.2, 0) is 10.8 Å². The molecule has 3 aliphatic carbocycles. The van der Waals surface area contributed by atoms with E-state index in [4.69, 9.17) is 0 Å². The summed E-state index contributed by atoms with van der Waals surface area (Å²) in [4.78, 5) is 0. The van der Waals surface area contributed by atoms with Gasteiger partial charge in [0.2, 0.25) is 0 Å². The number of nitrogens with zero attached hydrogens (tertiary/aromatic N) is 1. The molecule has 2 heteroatoms. The van der Waals surface area contributed by atoms with E-state index in [2.05, 4.69) is 270 Å². The second kappa shape index (κ2) is 18.8. The normalized spacial score (nSPS) is 14.8. The van der Waals surface area contributed by atoms with Gasteiger partial charge in [0.05, 0.1) is 11.0 Å². The molecule has 0 saturated heterocycles. The van der Waals surface area contributed by atoms with Crippen molar-refractivity contribution in [2.24, 2.45) is 0 Å². The van der Waals surface area contributed by atoms with E-state index in [1.54, 1.807) is 0 Å². The van der Waals surface area contributed by atoms with Gasteiger partial charge in [0.1, 0.15) is 0 Å². The molecule has 0 fully saturated rings. The highest BCUT2D eigenvalue weighted by molar-refractivity contribution is 6.10. The molecule has 342 valence electrons. The number of para-hydroxylation sites is 2. The van der Waals surface area contributed by atoms with Gasteiger partial charge >= 0.3 is 0 Å². The smallest absolute Gasteiger partial charge is 0.0541 e. The number of nitrogens with one attached hydrogen (secondary N) is 1. The first-order chi connectivity index (χ1) is 34.1. The molecular weight excluding hydrogens is 845 g/mol. The second-order valence-electron chi connectivity index (χ2n) is 19.7. The number of aromatic nitrogens is 1. The van der Waals surface area contributed by atoms with Crippen LogP contribution in [0.15, 0.2) is 212 Å². The van der Waals surface area contributed by atoms with Crippen molar-refractivity contribution in [3.05, 3.63) is 245 Å². The first-order valence-corrected chi connectivity index (χ1v) is 24.6. The van der Waals surface area contributed by atoms with E-state index >= 15 is 0 Å². The van der Waals surface area contributed by atoms with Crippen LogP contribution in [0.4, 0.5) is 5.69 Å². The molecule has 0 bridgehead atoms. The van der Waals surface area contributed by atoms with Gasteiger partial charge in [-0.3, -0.25) is 0 Å². The average molecular weight is 905 g/mol. The van der Waals surface area contributed by atoms with Crippen LogP contribution < -0.4 is 5.32 Å². The molecule has 9 aromatic rings. The van der Waals surface area contributed by atoms with Gasteiger partial charge in [-0.15, -0.1) is 12.8 Å². The standard InChI is InChI=1S/C41H38.C25H20N2.C2H2/c1-27-32(24-21-28-19-22-30(23-20-28)29-13-8-6-9-14-29)35-25-38-36(26-37(35)40(27,2)3)34-18-12-17-33(39(34)41(38,4)5)31-15-10-7-11-16-31;1-26-20-14-11-18(12-15-20)19-13-16-25-23(17-19)22-9-5-6-10-24(22)27(25)21-7-3-2-4-8-21;1-2/h7-8,10-26H,6,9H2,1-5H3;2-17,26H,1H3;1-2H/b24-21-;;. The molecule has 1 aromatic heterocycles. The number of anilines is 1. The van der Waals surface area contributed by atoms with Crippen LogP contribution in [-0.4, -0.2) is 11.6 Å². The van der Waals surface area contributed by atoms with E-state index < -0.39 is 0 Å². The molecule has 70 heavy (non-hydrogen) atoms. The monoisotopic (exact) mass is 904 g/mol. The zero-order valence-corrected chi connectivity index (χ0v) is 41.2.